The van der Waals surface area contributed by atoms with Crippen LogP contribution in [0.5, 0.6) is 0 Å². The quantitative estimate of drug-likeness (QED) is 0.862. The van der Waals surface area contributed by atoms with Crippen LogP contribution in [0.2, 0.25) is 0 Å². The number of aliphatic carboxylic acids is 1. The van der Waals surface area contributed by atoms with Crippen molar-refractivity contribution in [3.05, 3.63) is 34.1 Å². The number of hydrogen-bond donors (Lipinski definition) is 1. The van der Waals surface area contributed by atoms with E-state index >= 15 is 0 Å². The van der Waals surface area contributed by atoms with Gasteiger partial charge in [0.25, 0.3) is 0 Å². The molecule has 0 aliphatic carbocycles. The monoisotopic (exact) mass is 372 g/mol. The fraction of sp³-hybridized carbons (Fsp3) is 0.562. The maximum absolute atomic E-state index is 13.4. The molecule has 0 bridgehead atoms. The van der Waals surface area contributed by atoms with Crippen LogP contribution in [-0.2, 0) is 11.3 Å². The molecule has 0 radical (unpaired) electrons. The van der Waals surface area contributed by atoms with Gasteiger partial charge in [-0.05, 0) is 63.2 Å². The lowest BCUT2D eigenvalue weighted by molar-refractivity contribution is -0.138. The topological polar surface area (TPSA) is 43.8 Å². The van der Waals surface area contributed by atoms with Crippen molar-refractivity contribution in [2.75, 3.05) is 26.7 Å². The van der Waals surface area contributed by atoms with Crippen LogP contribution in [0.15, 0.2) is 22.7 Å². The molecule has 4 nitrogen and oxygen atoms in total. The van der Waals surface area contributed by atoms with E-state index in [0.29, 0.717) is 6.04 Å². The first-order valence-electron chi connectivity index (χ1n) is 7.53. The smallest absolute Gasteiger partial charge is 0.317 e. The fourth-order valence-electron chi connectivity index (χ4n) is 3.04. The predicted molar refractivity (Wildman–Crippen MR) is 87.3 cm³/mol. The molecule has 1 aromatic carbocycles. The van der Waals surface area contributed by atoms with E-state index in [4.69, 9.17) is 5.11 Å². The van der Waals surface area contributed by atoms with Crippen molar-refractivity contribution in [3.8, 4) is 0 Å². The summed E-state index contributed by atoms with van der Waals surface area (Å²) in [5.41, 5.74) is 0.962. The number of benzene rings is 1. The van der Waals surface area contributed by atoms with Crippen molar-refractivity contribution in [2.45, 2.75) is 31.8 Å². The highest BCUT2D eigenvalue weighted by Gasteiger charge is 2.21. The van der Waals surface area contributed by atoms with Gasteiger partial charge in [0, 0.05) is 17.1 Å². The molecule has 2 rings (SSSR count). The van der Waals surface area contributed by atoms with Gasteiger partial charge in [0.15, 0.2) is 0 Å². The number of halogens is 2. The Morgan fingerprint density at radius 1 is 1.41 bits per heavy atom. The molecule has 1 aliphatic rings. The summed E-state index contributed by atoms with van der Waals surface area (Å²) in [6.45, 7) is 2.68. The lowest BCUT2D eigenvalue weighted by atomic mass is 10.1. The molecule has 1 heterocycles. The summed E-state index contributed by atoms with van der Waals surface area (Å²) in [7, 11) is 1.87. The first-order chi connectivity index (χ1) is 10.4. The molecular formula is C16H22BrFN2O2. The largest absolute Gasteiger partial charge is 0.480 e. The molecule has 1 saturated heterocycles. The third-order valence-corrected chi connectivity index (χ3v) is 4.58. The number of rotatable bonds is 5. The average molecular weight is 373 g/mol. The van der Waals surface area contributed by atoms with Crippen molar-refractivity contribution < 1.29 is 14.3 Å². The summed E-state index contributed by atoms with van der Waals surface area (Å²) in [5, 5.41) is 8.89. The second-order valence-electron chi connectivity index (χ2n) is 5.95. The highest BCUT2D eigenvalue weighted by atomic mass is 79.9. The van der Waals surface area contributed by atoms with Gasteiger partial charge in [-0.15, -0.1) is 0 Å². The van der Waals surface area contributed by atoms with E-state index in [9.17, 15) is 9.18 Å². The summed E-state index contributed by atoms with van der Waals surface area (Å²) in [6, 6.07) is 5.29. The second kappa shape index (κ2) is 8.04. The van der Waals surface area contributed by atoms with Crippen LogP contribution in [0.4, 0.5) is 4.39 Å². The van der Waals surface area contributed by atoms with Crippen LogP contribution in [0.3, 0.4) is 0 Å². The van der Waals surface area contributed by atoms with Crippen LogP contribution in [0.25, 0.3) is 0 Å². The third-order valence-electron chi connectivity index (χ3n) is 4.13. The zero-order valence-electron chi connectivity index (χ0n) is 12.8. The average Bonchev–Trinajstić information content (AvgIpc) is 2.62. The van der Waals surface area contributed by atoms with Gasteiger partial charge in [-0.3, -0.25) is 14.6 Å². The number of carbonyl (C=O) groups is 1. The van der Waals surface area contributed by atoms with Gasteiger partial charge >= 0.3 is 5.97 Å². The van der Waals surface area contributed by atoms with Gasteiger partial charge in [0.2, 0.25) is 0 Å². The van der Waals surface area contributed by atoms with E-state index in [-0.39, 0.29) is 12.4 Å². The SMILES string of the molecule is CN(CC(=O)O)C1CCCN(Cc2cc(F)cc(Br)c2)CC1. The number of hydrogen-bond acceptors (Lipinski definition) is 3. The number of nitrogens with zero attached hydrogens (tertiary/aromatic N) is 2. The predicted octanol–water partition coefficient (Wildman–Crippen LogP) is 2.96. The van der Waals surface area contributed by atoms with Gasteiger partial charge in [0.1, 0.15) is 5.82 Å². The Morgan fingerprint density at radius 3 is 2.86 bits per heavy atom. The normalized spacial score (nSPS) is 20.1. The Hall–Kier alpha value is -0.980. The highest BCUT2D eigenvalue weighted by Crippen LogP contribution is 2.20. The Bertz CT molecular complexity index is 507. The minimum Gasteiger partial charge on any atom is -0.480 e. The van der Waals surface area contributed by atoms with Crippen LogP contribution in [-0.4, -0.2) is 53.6 Å². The molecule has 1 unspecified atom stereocenters. The van der Waals surface area contributed by atoms with Crippen molar-refractivity contribution in [1.29, 1.82) is 0 Å². The summed E-state index contributed by atoms with van der Waals surface area (Å²) >= 11 is 3.32. The molecule has 1 aromatic rings. The molecule has 1 aliphatic heterocycles. The molecule has 0 saturated carbocycles. The molecule has 1 atom stereocenters. The van der Waals surface area contributed by atoms with Crippen LogP contribution >= 0.6 is 15.9 Å². The first kappa shape index (κ1) is 17.4. The molecule has 0 aromatic heterocycles. The second-order valence-corrected chi connectivity index (χ2v) is 6.86. The third kappa shape index (κ3) is 5.34. The Kier molecular flexibility index (Phi) is 6.35. The zero-order valence-corrected chi connectivity index (χ0v) is 14.4. The standard InChI is InChI=1S/C16H22BrFN2O2/c1-19(11-16(21)22)15-3-2-5-20(6-4-15)10-12-7-13(17)9-14(18)8-12/h7-9,15H,2-6,10-11H2,1H3,(H,21,22). The van der Waals surface area contributed by atoms with E-state index in [1.807, 2.05) is 18.0 Å². The van der Waals surface area contributed by atoms with E-state index in [1.165, 1.54) is 6.07 Å². The Balaban J connectivity index is 1.91. The summed E-state index contributed by atoms with van der Waals surface area (Å²) in [5.74, 6) is -1.01. The van der Waals surface area contributed by atoms with Crippen LogP contribution in [0.1, 0.15) is 24.8 Å². The number of likely N-dealkylation sites (tertiary alicyclic amines) is 1. The molecule has 6 heteroatoms. The van der Waals surface area contributed by atoms with E-state index in [2.05, 4.69) is 20.8 Å². The van der Waals surface area contributed by atoms with Gasteiger partial charge in [0.05, 0.1) is 6.54 Å². The van der Waals surface area contributed by atoms with Crippen LogP contribution in [0, 0.1) is 5.82 Å². The minimum absolute atomic E-state index is 0.0848. The molecular weight excluding hydrogens is 351 g/mol. The summed E-state index contributed by atoms with van der Waals surface area (Å²) < 4.78 is 14.2. The number of likely N-dealkylation sites (N-methyl/N-ethyl adjacent to an activating group) is 1. The van der Waals surface area contributed by atoms with Crippen molar-refractivity contribution >= 4 is 21.9 Å². The highest BCUT2D eigenvalue weighted by molar-refractivity contribution is 9.10. The molecule has 0 spiro atoms. The Labute approximate surface area is 139 Å². The van der Waals surface area contributed by atoms with Gasteiger partial charge in [-0.25, -0.2) is 4.39 Å². The van der Waals surface area contributed by atoms with E-state index in [0.717, 1.165) is 48.9 Å². The molecule has 22 heavy (non-hydrogen) atoms. The van der Waals surface area contributed by atoms with Gasteiger partial charge in [-0.2, -0.15) is 0 Å². The van der Waals surface area contributed by atoms with Gasteiger partial charge in [-0.1, -0.05) is 15.9 Å². The van der Waals surface area contributed by atoms with Crippen molar-refractivity contribution in [1.82, 2.24) is 9.80 Å². The zero-order chi connectivity index (χ0) is 16.1. The summed E-state index contributed by atoms with van der Waals surface area (Å²) in [6.07, 6.45) is 2.98. The van der Waals surface area contributed by atoms with Crippen molar-refractivity contribution in [2.24, 2.45) is 0 Å². The number of carboxylic acid groups (broad SMARTS) is 1. The Morgan fingerprint density at radius 2 is 2.18 bits per heavy atom. The fourth-order valence-corrected chi connectivity index (χ4v) is 3.55. The molecule has 0 amide bonds. The maximum atomic E-state index is 13.4. The molecule has 1 N–H and O–H groups in total. The first-order valence-corrected chi connectivity index (χ1v) is 8.32. The lowest BCUT2D eigenvalue weighted by Crippen LogP contribution is -2.36. The van der Waals surface area contributed by atoms with Crippen molar-refractivity contribution in [3.63, 3.8) is 0 Å². The minimum atomic E-state index is -0.784. The van der Waals surface area contributed by atoms with E-state index in [1.54, 1.807) is 6.07 Å². The number of carboxylic acids is 1. The van der Waals surface area contributed by atoms with Gasteiger partial charge < -0.3 is 5.11 Å². The lowest BCUT2D eigenvalue weighted by Gasteiger charge is -2.25. The van der Waals surface area contributed by atoms with Crippen LogP contribution < -0.4 is 0 Å². The molecule has 122 valence electrons. The summed E-state index contributed by atoms with van der Waals surface area (Å²) in [4.78, 5) is 15.1. The maximum Gasteiger partial charge on any atom is 0.317 e. The van der Waals surface area contributed by atoms with E-state index < -0.39 is 5.97 Å². The molecule has 1 fully saturated rings.